The number of nitrogens with one attached hydrogen (secondary N) is 1. The predicted octanol–water partition coefficient (Wildman–Crippen LogP) is 3.19. The van der Waals surface area contributed by atoms with Gasteiger partial charge in [-0.05, 0) is 50.0 Å². The summed E-state index contributed by atoms with van der Waals surface area (Å²) < 4.78 is 11.1. The highest BCUT2D eigenvalue weighted by Gasteiger charge is 2.16. The number of hydrogen-bond donors (Lipinski definition) is 1. The van der Waals surface area contributed by atoms with Gasteiger partial charge < -0.3 is 19.7 Å². The van der Waals surface area contributed by atoms with Crippen molar-refractivity contribution in [3.8, 4) is 11.5 Å². The standard InChI is InChI=1S/C20H27N3O3S/c1-15-5-8-23(9-6-15)10-7-21-20(24)16-3-4-18(19(11-16)25-2)26-12-17-13-27-14-22-17/h3-4,11,13-15H,5-10,12H2,1-2H3,(H,21,24). The molecule has 1 fully saturated rings. The highest BCUT2D eigenvalue weighted by Crippen LogP contribution is 2.28. The maximum Gasteiger partial charge on any atom is 0.251 e. The Hall–Kier alpha value is -2.12. The Labute approximate surface area is 164 Å². The molecule has 0 atom stereocenters. The normalized spacial score (nSPS) is 15.5. The van der Waals surface area contributed by atoms with Crippen LogP contribution in [0.25, 0.3) is 0 Å². The summed E-state index contributed by atoms with van der Waals surface area (Å²) in [6.45, 7) is 6.46. The Morgan fingerprint density at radius 2 is 2.15 bits per heavy atom. The molecule has 1 aliphatic rings. The van der Waals surface area contributed by atoms with Crippen LogP contribution in [-0.4, -0.2) is 49.1 Å². The molecule has 6 nitrogen and oxygen atoms in total. The van der Waals surface area contributed by atoms with Gasteiger partial charge in [0.25, 0.3) is 5.91 Å². The lowest BCUT2D eigenvalue weighted by molar-refractivity contribution is 0.0944. The van der Waals surface area contributed by atoms with Crippen LogP contribution in [0.1, 0.15) is 35.8 Å². The van der Waals surface area contributed by atoms with Crippen LogP contribution in [0, 0.1) is 5.92 Å². The number of nitrogens with zero attached hydrogens (tertiary/aromatic N) is 2. The lowest BCUT2D eigenvalue weighted by atomic mass is 9.99. The van der Waals surface area contributed by atoms with E-state index in [9.17, 15) is 4.79 Å². The van der Waals surface area contributed by atoms with Crippen molar-refractivity contribution in [1.29, 1.82) is 0 Å². The fourth-order valence-corrected chi connectivity index (χ4v) is 3.65. The molecule has 0 aliphatic carbocycles. The maximum absolute atomic E-state index is 12.4. The van der Waals surface area contributed by atoms with Crippen molar-refractivity contribution < 1.29 is 14.3 Å². The molecule has 0 radical (unpaired) electrons. The van der Waals surface area contributed by atoms with E-state index in [1.54, 1.807) is 30.8 Å². The minimum atomic E-state index is -0.0928. The molecule has 0 spiro atoms. The summed E-state index contributed by atoms with van der Waals surface area (Å²) in [5.41, 5.74) is 3.21. The number of benzene rings is 1. The number of likely N-dealkylation sites (tertiary alicyclic amines) is 1. The number of piperidine rings is 1. The van der Waals surface area contributed by atoms with Crippen LogP contribution < -0.4 is 14.8 Å². The molecule has 0 saturated carbocycles. The molecule has 7 heteroatoms. The third-order valence-electron chi connectivity index (χ3n) is 4.87. The van der Waals surface area contributed by atoms with Gasteiger partial charge in [0, 0.05) is 24.0 Å². The van der Waals surface area contributed by atoms with Crippen LogP contribution in [0.15, 0.2) is 29.1 Å². The molecule has 1 aromatic carbocycles. The first kappa shape index (κ1) is 19.6. The Morgan fingerprint density at radius 3 is 2.85 bits per heavy atom. The summed E-state index contributed by atoms with van der Waals surface area (Å²) in [4.78, 5) is 19.0. The molecule has 1 aromatic heterocycles. The number of amides is 1. The number of carbonyl (C=O) groups is 1. The van der Waals surface area contributed by atoms with Crippen LogP contribution in [0.3, 0.4) is 0 Å². The van der Waals surface area contributed by atoms with Crippen molar-refractivity contribution in [1.82, 2.24) is 15.2 Å². The first-order chi connectivity index (χ1) is 13.2. The quantitative estimate of drug-likeness (QED) is 0.751. The van der Waals surface area contributed by atoms with Crippen molar-refractivity contribution in [3.63, 3.8) is 0 Å². The largest absolute Gasteiger partial charge is 0.493 e. The van der Waals surface area contributed by atoms with Gasteiger partial charge in [0.15, 0.2) is 11.5 Å². The topological polar surface area (TPSA) is 63.7 Å². The molecule has 146 valence electrons. The van der Waals surface area contributed by atoms with Crippen molar-refractivity contribution >= 4 is 17.2 Å². The molecule has 27 heavy (non-hydrogen) atoms. The molecule has 3 rings (SSSR count). The summed E-state index contributed by atoms with van der Waals surface area (Å²) in [5, 5.41) is 4.94. The van der Waals surface area contributed by atoms with Crippen molar-refractivity contribution in [2.24, 2.45) is 5.92 Å². The molecule has 1 N–H and O–H groups in total. The average Bonchev–Trinajstić information content (AvgIpc) is 3.21. The first-order valence-corrected chi connectivity index (χ1v) is 10.3. The number of hydrogen-bond acceptors (Lipinski definition) is 6. The molecular weight excluding hydrogens is 362 g/mol. The van der Waals surface area contributed by atoms with Crippen LogP contribution >= 0.6 is 11.3 Å². The van der Waals surface area contributed by atoms with Crippen molar-refractivity contribution in [2.45, 2.75) is 26.4 Å². The van der Waals surface area contributed by atoms with Gasteiger partial charge in [-0.25, -0.2) is 4.98 Å². The molecule has 0 unspecified atom stereocenters. The predicted molar refractivity (Wildman–Crippen MR) is 107 cm³/mol. The second-order valence-electron chi connectivity index (χ2n) is 6.91. The Kier molecular flexibility index (Phi) is 7.06. The number of carbonyl (C=O) groups excluding carboxylic acids is 1. The molecular formula is C20H27N3O3S. The van der Waals surface area contributed by atoms with E-state index in [1.165, 1.54) is 24.2 Å². The molecule has 1 amide bonds. The third-order valence-corrected chi connectivity index (χ3v) is 5.51. The number of rotatable bonds is 8. The van der Waals surface area contributed by atoms with Crippen molar-refractivity contribution in [2.75, 3.05) is 33.3 Å². The van der Waals surface area contributed by atoms with E-state index >= 15 is 0 Å². The van der Waals surface area contributed by atoms with Gasteiger partial charge in [-0.2, -0.15) is 0 Å². The summed E-state index contributed by atoms with van der Waals surface area (Å²) in [6.07, 6.45) is 2.49. The summed E-state index contributed by atoms with van der Waals surface area (Å²) in [6, 6.07) is 5.25. The van der Waals surface area contributed by atoms with E-state index in [1.807, 2.05) is 5.38 Å². The average molecular weight is 390 g/mol. The molecule has 1 aliphatic heterocycles. The van der Waals surface area contributed by atoms with Gasteiger partial charge in [0.05, 0.1) is 18.3 Å². The van der Waals surface area contributed by atoms with E-state index in [0.717, 1.165) is 31.2 Å². The van der Waals surface area contributed by atoms with Crippen LogP contribution in [0.4, 0.5) is 0 Å². The highest BCUT2D eigenvalue weighted by atomic mass is 32.1. The molecule has 1 saturated heterocycles. The smallest absolute Gasteiger partial charge is 0.251 e. The van der Waals surface area contributed by atoms with E-state index in [-0.39, 0.29) is 5.91 Å². The number of ether oxygens (including phenoxy) is 2. The third kappa shape index (κ3) is 5.68. The Balaban J connectivity index is 1.50. The SMILES string of the molecule is COc1cc(C(=O)NCCN2CCC(C)CC2)ccc1OCc1cscn1. The summed E-state index contributed by atoms with van der Waals surface area (Å²) in [5.74, 6) is 1.87. The first-order valence-electron chi connectivity index (χ1n) is 9.34. The molecule has 2 aromatic rings. The lowest BCUT2D eigenvalue weighted by Gasteiger charge is -2.30. The van der Waals surface area contributed by atoms with Crippen LogP contribution in [0.2, 0.25) is 0 Å². The summed E-state index contributed by atoms with van der Waals surface area (Å²) >= 11 is 1.53. The maximum atomic E-state index is 12.4. The number of thiazole rings is 1. The van der Waals surface area contributed by atoms with E-state index in [2.05, 4.69) is 22.1 Å². The van der Waals surface area contributed by atoms with E-state index < -0.39 is 0 Å². The number of methoxy groups -OCH3 is 1. The van der Waals surface area contributed by atoms with Gasteiger partial charge in [-0.3, -0.25) is 4.79 Å². The minimum Gasteiger partial charge on any atom is -0.493 e. The van der Waals surface area contributed by atoms with Crippen molar-refractivity contribution in [3.05, 3.63) is 40.3 Å². The Morgan fingerprint density at radius 1 is 1.33 bits per heavy atom. The van der Waals surface area contributed by atoms with Crippen LogP contribution in [-0.2, 0) is 6.61 Å². The second kappa shape index (κ2) is 9.71. The molecule has 0 bridgehead atoms. The van der Waals surface area contributed by atoms with E-state index in [0.29, 0.717) is 30.2 Å². The Bertz CT molecular complexity index is 728. The lowest BCUT2D eigenvalue weighted by Crippen LogP contribution is -2.39. The highest BCUT2D eigenvalue weighted by molar-refractivity contribution is 7.07. The monoisotopic (exact) mass is 389 g/mol. The zero-order valence-corrected chi connectivity index (χ0v) is 16.8. The fraction of sp³-hybridized carbons (Fsp3) is 0.500. The summed E-state index contributed by atoms with van der Waals surface area (Å²) in [7, 11) is 1.57. The fourth-order valence-electron chi connectivity index (χ4n) is 3.10. The van der Waals surface area contributed by atoms with Gasteiger partial charge in [0.2, 0.25) is 0 Å². The van der Waals surface area contributed by atoms with Crippen LogP contribution in [0.5, 0.6) is 11.5 Å². The van der Waals surface area contributed by atoms with E-state index in [4.69, 9.17) is 9.47 Å². The zero-order chi connectivity index (χ0) is 19.1. The van der Waals surface area contributed by atoms with Gasteiger partial charge in [-0.15, -0.1) is 11.3 Å². The van der Waals surface area contributed by atoms with Gasteiger partial charge in [0.1, 0.15) is 6.61 Å². The van der Waals surface area contributed by atoms with Gasteiger partial charge in [-0.1, -0.05) is 6.92 Å². The zero-order valence-electron chi connectivity index (χ0n) is 15.9. The van der Waals surface area contributed by atoms with Gasteiger partial charge >= 0.3 is 0 Å². The molecule has 2 heterocycles. The second-order valence-corrected chi connectivity index (χ2v) is 7.63. The number of aromatic nitrogens is 1. The minimum absolute atomic E-state index is 0.0928.